The minimum absolute atomic E-state index is 0.0335. The third kappa shape index (κ3) is 6.46. The van der Waals surface area contributed by atoms with Crippen LogP contribution < -0.4 is 10.1 Å². The Morgan fingerprint density at radius 2 is 2.14 bits per heavy atom. The zero-order chi connectivity index (χ0) is 16.4. The standard InChI is InChI=1S/C18H28FNO2/c1-4-6-7-14(5-2)13-20-18(21)11-9-15-8-10-17(22-3)16(19)12-15/h8,10,12,14H,4-7,9,11,13H2,1-3H3,(H,20,21). The number of benzene rings is 1. The van der Waals surface area contributed by atoms with E-state index in [0.29, 0.717) is 18.8 Å². The predicted molar refractivity (Wildman–Crippen MR) is 87.6 cm³/mol. The zero-order valence-electron chi connectivity index (χ0n) is 14.0. The number of unbranched alkanes of at least 4 members (excludes halogenated alkanes) is 1. The van der Waals surface area contributed by atoms with Crippen molar-refractivity contribution in [2.75, 3.05) is 13.7 Å². The molecule has 0 aromatic heterocycles. The molecular formula is C18H28FNO2. The number of amides is 1. The summed E-state index contributed by atoms with van der Waals surface area (Å²) < 4.78 is 18.4. The van der Waals surface area contributed by atoms with E-state index in [0.717, 1.165) is 24.9 Å². The van der Waals surface area contributed by atoms with Gasteiger partial charge in [0.05, 0.1) is 7.11 Å². The summed E-state index contributed by atoms with van der Waals surface area (Å²) in [6.07, 6.45) is 5.57. The van der Waals surface area contributed by atoms with Crippen LogP contribution in [0.25, 0.3) is 0 Å². The normalized spacial score (nSPS) is 12.0. The second-order valence-corrected chi connectivity index (χ2v) is 5.69. The molecule has 1 unspecified atom stereocenters. The fourth-order valence-electron chi connectivity index (χ4n) is 2.41. The highest BCUT2D eigenvalue weighted by Crippen LogP contribution is 2.18. The topological polar surface area (TPSA) is 38.3 Å². The number of rotatable bonds is 10. The molecule has 3 nitrogen and oxygen atoms in total. The van der Waals surface area contributed by atoms with Gasteiger partial charge in [-0.15, -0.1) is 0 Å². The summed E-state index contributed by atoms with van der Waals surface area (Å²) in [4.78, 5) is 11.9. The highest BCUT2D eigenvalue weighted by atomic mass is 19.1. The molecule has 4 heteroatoms. The number of carbonyl (C=O) groups is 1. The molecule has 0 saturated heterocycles. The van der Waals surface area contributed by atoms with Gasteiger partial charge in [-0.1, -0.05) is 39.2 Å². The van der Waals surface area contributed by atoms with Gasteiger partial charge in [-0.25, -0.2) is 4.39 Å². The number of hydrogen-bond acceptors (Lipinski definition) is 2. The maximum atomic E-state index is 13.6. The molecule has 1 N–H and O–H groups in total. The van der Waals surface area contributed by atoms with Crippen LogP contribution in [0, 0.1) is 11.7 Å². The predicted octanol–water partition coefficient (Wildman–Crippen LogP) is 4.10. The number of aryl methyl sites for hydroxylation is 1. The number of nitrogens with one attached hydrogen (secondary N) is 1. The lowest BCUT2D eigenvalue weighted by Gasteiger charge is -2.15. The monoisotopic (exact) mass is 309 g/mol. The van der Waals surface area contributed by atoms with Crippen molar-refractivity contribution in [1.29, 1.82) is 0 Å². The molecule has 0 heterocycles. The van der Waals surface area contributed by atoms with Crippen LogP contribution in [-0.4, -0.2) is 19.6 Å². The van der Waals surface area contributed by atoms with Gasteiger partial charge in [0.15, 0.2) is 11.6 Å². The molecule has 0 aliphatic rings. The van der Waals surface area contributed by atoms with Crippen molar-refractivity contribution in [1.82, 2.24) is 5.32 Å². The van der Waals surface area contributed by atoms with Crippen molar-refractivity contribution in [3.05, 3.63) is 29.6 Å². The van der Waals surface area contributed by atoms with Gasteiger partial charge in [-0.05, 0) is 36.5 Å². The second kappa shape index (κ2) is 10.2. The molecule has 124 valence electrons. The van der Waals surface area contributed by atoms with Gasteiger partial charge in [0.25, 0.3) is 0 Å². The van der Waals surface area contributed by atoms with Crippen molar-refractivity contribution in [3.63, 3.8) is 0 Å². The quantitative estimate of drug-likeness (QED) is 0.706. The zero-order valence-corrected chi connectivity index (χ0v) is 14.0. The highest BCUT2D eigenvalue weighted by Gasteiger charge is 2.09. The first-order valence-corrected chi connectivity index (χ1v) is 8.19. The molecule has 0 aliphatic heterocycles. The van der Waals surface area contributed by atoms with Crippen LogP contribution in [0.2, 0.25) is 0 Å². The molecule has 1 rings (SSSR count). The Balaban J connectivity index is 2.35. The van der Waals surface area contributed by atoms with E-state index < -0.39 is 0 Å². The van der Waals surface area contributed by atoms with Crippen LogP contribution in [0.3, 0.4) is 0 Å². The fourth-order valence-corrected chi connectivity index (χ4v) is 2.41. The first-order chi connectivity index (χ1) is 10.6. The lowest BCUT2D eigenvalue weighted by Crippen LogP contribution is -2.29. The maximum Gasteiger partial charge on any atom is 0.220 e. The summed E-state index contributed by atoms with van der Waals surface area (Å²) in [7, 11) is 1.44. The summed E-state index contributed by atoms with van der Waals surface area (Å²) in [5.74, 6) is 0.439. The van der Waals surface area contributed by atoms with Crippen LogP contribution in [0.5, 0.6) is 5.75 Å². The summed E-state index contributed by atoms with van der Waals surface area (Å²) in [5.41, 5.74) is 0.812. The number of carbonyl (C=O) groups excluding carboxylic acids is 1. The Labute approximate surface area is 133 Å². The highest BCUT2D eigenvalue weighted by molar-refractivity contribution is 5.76. The molecule has 0 aliphatic carbocycles. The minimum atomic E-state index is -0.383. The first-order valence-electron chi connectivity index (χ1n) is 8.19. The van der Waals surface area contributed by atoms with Crippen molar-refractivity contribution >= 4 is 5.91 Å². The Kier molecular flexibility index (Phi) is 8.56. The SMILES string of the molecule is CCCCC(CC)CNC(=O)CCc1ccc(OC)c(F)c1. The van der Waals surface area contributed by atoms with E-state index in [2.05, 4.69) is 19.2 Å². The van der Waals surface area contributed by atoms with Gasteiger partial charge in [0.1, 0.15) is 0 Å². The Morgan fingerprint density at radius 3 is 2.73 bits per heavy atom. The van der Waals surface area contributed by atoms with Crippen LogP contribution in [0.4, 0.5) is 4.39 Å². The maximum absolute atomic E-state index is 13.6. The van der Waals surface area contributed by atoms with Crippen molar-refractivity contribution < 1.29 is 13.9 Å². The Hall–Kier alpha value is -1.58. The smallest absolute Gasteiger partial charge is 0.220 e. The molecule has 0 radical (unpaired) electrons. The fraction of sp³-hybridized carbons (Fsp3) is 0.611. The van der Waals surface area contributed by atoms with Gasteiger partial charge in [0.2, 0.25) is 5.91 Å². The van der Waals surface area contributed by atoms with E-state index in [9.17, 15) is 9.18 Å². The Bertz CT molecular complexity index is 462. The number of methoxy groups -OCH3 is 1. The van der Waals surface area contributed by atoms with Crippen molar-refractivity contribution in [2.45, 2.75) is 52.4 Å². The van der Waals surface area contributed by atoms with E-state index in [1.54, 1.807) is 12.1 Å². The van der Waals surface area contributed by atoms with Crippen LogP contribution in [-0.2, 0) is 11.2 Å². The lowest BCUT2D eigenvalue weighted by atomic mass is 9.99. The lowest BCUT2D eigenvalue weighted by molar-refractivity contribution is -0.121. The average molecular weight is 309 g/mol. The molecule has 22 heavy (non-hydrogen) atoms. The Morgan fingerprint density at radius 1 is 1.36 bits per heavy atom. The van der Waals surface area contributed by atoms with Gasteiger partial charge in [-0.2, -0.15) is 0 Å². The molecule has 1 amide bonds. The van der Waals surface area contributed by atoms with Crippen LogP contribution >= 0.6 is 0 Å². The molecule has 1 atom stereocenters. The summed E-state index contributed by atoms with van der Waals surface area (Å²) in [6.45, 7) is 5.08. The van der Waals surface area contributed by atoms with Gasteiger partial charge in [0, 0.05) is 13.0 Å². The summed E-state index contributed by atoms with van der Waals surface area (Å²) in [5, 5.41) is 2.99. The average Bonchev–Trinajstić information content (AvgIpc) is 2.53. The number of hydrogen-bond donors (Lipinski definition) is 1. The number of ether oxygens (including phenoxy) is 1. The third-order valence-electron chi connectivity index (χ3n) is 3.99. The van der Waals surface area contributed by atoms with Gasteiger partial charge >= 0.3 is 0 Å². The van der Waals surface area contributed by atoms with E-state index in [-0.39, 0.29) is 17.5 Å². The second-order valence-electron chi connectivity index (χ2n) is 5.69. The van der Waals surface area contributed by atoms with Gasteiger partial charge < -0.3 is 10.1 Å². The summed E-state index contributed by atoms with van der Waals surface area (Å²) in [6, 6.07) is 4.83. The van der Waals surface area contributed by atoms with E-state index in [1.807, 2.05) is 0 Å². The molecule has 0 bridgehead atoms. The summed E-state index contributed by atoms with van der Waals surface area (Å²) >= 11 is 0. The van der Waals surface area contributed by atoms with Crippen LogP contribution in [0.1, 0.15) is 51.5 Å². The van der Waals surface area contributed by atoms with E-state index >= 15 is 0 Å². The minimum Gasteiger partial charge on any atom is -0.494 e. The van der Waals surface area contributed by atoms with E-state index in [4.69, 9.17) is 4.74 Å². The van der Waals surface area contributed by atoms with Crippen molar-refractivity contribution in [2.24, 2.45) is 5.92 Å². The largest absolute Gasteiger partial charge is 0.494 e. The number of halogens is 1. The van der Waals surface area contributed by atoms with Crippen molar-refractivity contribution in [3.8, 4) is 5.75 Å². The van der Waals surface area contributed by atoms with Gasteiger partial charge in [-0.3, -0.25) is 4.79 Å². The first kappa shape index (κ1) is 18.5. The molecular weight excluding hydrogens is 281 g/mol. The van der Waals surface area contributed by atoms with Crippen LogP contribution in [0.15, 0.2) is 18.2 Å². The molecule has 1 aromatic rings. The molecule has 1 aromatic carbocycles. The third-order valence-corrected chi connectivity index (χ3v) is 3.99. The molecule has 0 saturated carbocycles. The van der Waals surface area contributed by atoms with E-state index in [1.165, 1.54) is 26.0 Å². The molecule has 0 fully saturated rings. The molecule has 0 spiro atoms.